The van der Waals surface area contributed by atoms with E-state index in [2.05, 4.69) is 27.4 Å². The van der Waals surface area contributed by atoms with Crippen molar-refractivity contribution in [3.63, 3.8) is 0 Å². The van der Waals surface area contributed by atoms with Crippen LogP contribution >= 0.6 is 0 Å². The van der Waals surface area contributed by atoms with E-state index in [0.29, 0.717) is 11.5 Å². The van der Waals surface area contributed by atoms with E-state index in [-0.39, 0.29) is 16.8 Å². The molecule has 124 valence electrons. The molecule has 0 N–H and O–H groups in total. The van der Waals surface area contributed by atoms with Gasteiger partial charge in [-0.25, -0.2) is 4.79 Å². The normalized spacial score (nSPS) is 34.2. The number of carbonyl (C=O) groups is 1. The maximum atomic E-state index is 12.3. The highest BCUT2D eigenvalue weighted by Crippen LogP contribution is 2.70. The van der Waals surface area contributed by atoms with Gasteiger partial charge in [0.1, 0.15) is 5.75 Å². The van der Waals surface area contributed by atoms with Crippen LogP contribution in [0.15, 0.2) is 42.5 Å². The van der Waals surface area contributed by atoms with Gasteiger partial charge in [0.05, 0.1) is 5.41 Å². The van der Waals surface area contributed by atoms with E-state index in [9.17, 15) is 4.79 Å². The summed E-state index contributed by atoms with van der Waals surface area (Å²) in [5.41, 5.74) is 0.258. The molecule has 0 radical (unpaired) electrons. The minimum Gasteiger partial charge on any atom is -0.452 e. The average molecular weight is 314 g/mol. The molecule has 3 rings (SSSR count). The van der Waals surface area contributed by atoms with Crippen LogP contribution in [0.4, 0.5) is 0 Å². The Morgan fingerprint density at radius 2 is 1.87 bits per heavy atom. The van der Waals surface area contributed by atoms with Gasteiger partial charge in [0.2, 0.25) is 0 Å². The molecule has 1 unspecified atom stereocenters. The van der Waals surface area contributed by atoms with Gasteiger partial charge in [-0.05, 0) is 43.2 Å². The van der Waals surface area contributed by atoms with Crippen LogP contribution in [0.25, 0.3) is 0 Å². The van der Waals surface area contributed by atoms with Crippen molar-refractivity contribution in [3.8, 4) is 5.75 Å². The van der Waals surface area contributed by atoms with E-state index in [1.807, 2.05) is 30.3 Å². The summed E-state index contributed by atoms with van der Waals surface area (Å²) in [6, 6.07) is 9.65. The first-order valence-corrected chi connectivity index (χ1v) is 8.35. The molecule has 0 aliphatic heterocycles. The summed E-state index contributed by atoms with van der Waals surface area (Å²) in [5, 5.41) is 0. The monoisotopic (exact) mass is 314 g/mol. The number of hydrogen-bond donors (Lipinski definition) is 0. The first kappa shape index (κ1) is 16.1. The summed E-state index contributed by atoms with van der Waals surface area (Å²) in [7, 11) is 0. The summed E-state index contributed by atoms with van der Waals surface area (Å²) >= 11 is 0. The van der Waals surface area contributed by atoms with Crippen molar-refractivity contribution in [1.29, 1.82) is 0 Å². The molecule has 3 heteroatoms. The van der Waals surface area contributed by atoms with Crippen molar-refractivity contribution in [2.45, 2.75) is 52.7 Å². The van der Waals surface area contributed by atoms with Crippen LogP contribution in [0.1, 0.15) is 47.0 Å². The average Bonchev–Trinajstić information content (AvgIpc) is 2.80. The van der Waals surface area contributed by atoms with Crippen LogP contribution in [0.5, 0.6) is 5.75 Å². The molecule has 2 bridgehead atoms. The third-order valence-corrected chi connectivity index (χ3v) is 6.42. The zero-order valence-corrected chi connectivity index (χ0v) is 14.5. The molecule has 1 aromatic rings. The SMILES string of the molecule is C=C(C)C(=O)OC1(Oc2ccccc2)C[C@H]2CC[C@@]1(C)C2(C)C. The second kappa shape index (κ2) is 5.12. The number of rotatable bonds is 4. The predicted molar refractivity (Wildman–Crippen MR) is 89.9 cm³/mol. The van der Waals surface area contributed by atoms with Gasteiger partial charge in [-0.3, -0.25) is 0 Å². The van der Waals surface area contributed by atoms with Crippen LogP contribution in [0, 0.1) is 16.7 Å². The first-order valence-electron chi connectivity index (χ1n) is 8.35. The topological polar surface area (TPSA) is 35.5 Å². The summed E-state index contributed by atoms with van der Waals surface area (Å²) in [4.78, 5) is 12.3. The van der Waals surface area contributed by atoms with Gasteiger partial charge >= 0.3 is 5.97 Å². The fourth-order valence-corrected chi connectivity index (χ4v) is 4.43. The second-order valence-corrected chi connectivity index (χ2v) is 7.83. The molecule has 23 heavy (non-hydrogen) atoms. The van der Waals surface area contributed by atoms with Crippen LogP contribution in [-0.2, 0) is 9.53 Å². The Labute approximate surface area is 138 Å². The molecule has 0 spiro atoms. The lowest BCUT2D eigenvalue weighted by Gasteiger charge is -2.46. The van der Waals surface area contributed by atoms with Crippen LogP contribution in [0.2, 0.25) is 0 Å². The number of para-hydroxylation sites is 1. The molecular weight excluding hydrogens is 288 g/mol. The third kappa shape index (κ3) is 2.20. The summed E-state index contributed by atoms with van der Waals surface area (Å²) in [5.74, 6) is -0.0530. The summed E-state index contributed by atoms with van der Waals surface area (Å²) in [6.45, 7) is 12.2. The molecule has 0 amide bonds. The van der Waals surface area contributed by atoms with Crippen molar-refractivity contribution < 1.29 is 14.3 Å². The number of benzene rings is 1. The van der Waals surface area contributed by atoms with Gasteiger partial charge in [-0.1, -0.05) is 45.5 Å². The predicted octanol–water partition coefficient (Wildman–Crippen LogP) is 4.73. The van der Waals surface area contributed by atoms with Crippen molar-refractivity contribution in [1.82, 2.24) is 0 Å². The van der Waals surface area contributed by atoms with E-state index in [1.54, 1.807) is 6.92 Å². The Balaban J connectivity index is 2.02. The number of ether oxygens (including phenoxy) is 2. The zero-order chi connectivity index (χ0) is 16.9. The highest BCUT2D eigenvalue weighted by atomic mass is 16.7. The van der Waals surface area contributed by atoms with Gasteiger partial charge in [0.15, 0.2) is 0 Å². The standard InChI is InChI=1S/C20H26O3/c1-14(2)17(21)23-20(22-16-9-7-6-8-10-16)13-15-11-12-19(20,5)18(15,3)4/h6-10,15H,1,11-13H2,2-5H3/t15-,19+,20?/m1/s1. The molecule has 0 saturated heterocycles. The second-order valence-electron chi connectivity index (χ2n) is 7.83. The summed E-state index contributed by atoms with van der Waals surface area (Å²) in [6.07, 6.45) is 2.90. The lowest BCUT2D eigenvalue weighted by atomic mass is 9.68. The van der Waals surface area contributed by atoms with Crippen LogP contribution < -0.4 is 4.74 Å². The Hall–Kier alpha value is -1.77. The molecule has 2 fully saturated rings. The lowest BCUT2D eigenvalue weighted by Crippen LogP contribution is -2.54. The van der Waals surface area contributed by atoms with Crippen molar-refractivity contribution >= 4 is 5.97 Å². The van der Waals surface area contributed by atoms with Gasteiger partial charge < -0.3 is 9.47 Å². The van der Waals surface area contributed by atoms with Crippen molar-refractivity contribution in [2.24, 2.45) is 16.7 Å². The van der Waals surface area contributed by atoms with Gasteiger partial charge in [0.25, 0.3) is 5.79 Å². The van der Waals surface area contributed by atoms with Crippen LogP contribution in [0.3, 0.4) is 0 Å². The lowest BCUT2D eigenvalue weighted by molar-refractivity contribution is -0.243. The number of fused-ring (bicyclic) bond motifs is 2. The Kier molecular flexibility index (Phi) is 3.58. The molecule has 0 heterocycles. The third-order valence-electron chi connectivity index (χ3n) is 6.42. The molecule has 2 aliphatic rings. The molecule has 2 saturated carbocycles. The summed E-state index contributed by atoms with van der Waals surface area (Å²) < 4.78 is 12.3. The van der Waals surface area contributed by atoms with E-state index in [0.717, 1.165) is 25.0 Å². The zero-order valence-electron chi connectivity index (χ0n) is 14.5. The van der Waals surface area contributed by atoms with E-state index >= 15 is 0 Å². The number of carbonyl (C=O) groups excluding carboxylic acids is 1. The van der Waals surface area contributed by atoms with Gasteiger partial charge in [-0.15, -0.1) is 0 Å². The smallest absolute Gasteiger partial charge is 0.336 e. The minimum absolute atomic E-state index is 0.0666. The van der Waals surface area contributed by atoms with E-state index < -0.39 is 5.79 Å². The van der Waals surface area contributed by atoms with Gasteiger partial charge in [-0.2, -0.15) is 0 Å². The molecule has 2 aliphatic carbocycles. The molecule has 3 atom stereocenters. The molecule has 0 aromatic heterocycles. The van der Waals surface area contributed by atoms with Gasteiger partial charge in [0, 0.05) is 12.0 Å². The maximum absolute atomic E-state index is 12.3. The number of hydrogen-bond acceptors (Lipinski definition) is 3. The highest BCUT2D eigenvalue weighted by Gasteiger charge is 2.73. The Morgan fingerprint density at radius 1 is 1.22 bits per heavy atom. The number of esters is 1. The molecule has 1 aromatic carbocycles. The van der Waals surface area contributed by atoms with E-state index in [4.69, 9.17) is 9.47 Å². The Bertz CT molecular complexity index is 634. The Morgan fingerprint density at radius 3 is 2.35 bits per heavy atom. The fourth-order valence-electron chi connectivity index (χ4n) is 4.43. The molecular formula is C20H26O3. The quantitative estimate of drug-likeness (QED) is 0.458. The maximum Gasteiger partial charge on any atom is 0.336 e. The van der Waals surface area contributed by atoms with E-state index in [1.165, 1.54) is 0 Å². The molecule has 3 nitrogen and oxygen atoms in total. The van der Waals surface area contributed by atoms with Crippen molar-refractivity contribution in [3.05, 3.63) is 42.5 Å². The largest absolute Gasteiger partial charge is 0.452 e. The minimum atomic E-state index is -0.920. The van der Waals surface area contributed by atoms with Crippen molar-refractivity contribution in [2.75, 3.05) is 0 Å². The van der Waals surface area contributed by atoms with Crippen LogP contribution in [-0.4, -0.2) is 11.8 Å². The fraction of sp³-hybridized carbons (Fsp3) is 0.550. The highest BCUT2D eigenvalue weighted by molar-refractivity contribution is 5.87. The first-order chi connectivity index (χ1) is 10.7.